The number of carbonyl (C=O) groups is 3. The van der Waals surface area contributed by atoms with Crippen LogP contribution in [0.1, 0.15) is 30.6 Å². The first-order valence-electron chi connectivity index (χ1n) is 9.06. The van der Waals surface area contributed by atoms with Crippen molar-refractivity contribution in [1.82, 2.24) is 15.1 Å². The summed E-state index contributed by atoms with van der Waals surface area (Å²) in [6, 6.07) is 8.40. The average molecular weight is 414 g/mol. The second kappa shape index (κ2) is 9.95. The lowest BCUT2D eigenvalue weighted by Gasteiger charge is -2.37. The number of carbonyl (C=O) groups excluding carboxylic acids is 3. The van der Waals surface area contributed by atoms with Crippen molar-refractivity contribution in [2.75, 3.05) is 26.2 Å². The van der Waals surface area contributed by atoms with Gasteiger partial charge in [-0.05, 0) is 18.1 Å². The van der Waals surface area contributed by atoms with E-state index in [0.717, 1.165) is 6.42 Å². The fourth-order valence-electron chi connectivity index (χ4n) is 2.99. The zero-order valence-corrected chi connectivity index (χ0v) is 17.0. The minimum atomic E-state index is -1.22. The maximum Gasteiger partial charge on any atom is 0.253 e. The number of amides is 3. The number of rotatable bonds is 6. The molecule has 0 spiro atoms. The van der Waals surface area contributed by atoms with E-state index in [1.807, 2.05) is 32.0 Å². The van der Waals surface area contributed by atoms with Gasteiger partial charge in [0.25, 0.3) is 11.8 Å². The van der Waals surface area contributed by atoms with E-state index in [4.69, 9.17) is 23.2 Å². The first kappa shape index (κ1) is 21.5. The Balaban J connectivity index is 1.99. The number of alkyl halides is 2. The molecule has 148 valence electrons. The van der Waals surface area contributed by atoms with Gasteiger partial charge >= 0.3 is 0 Å². The van der Waals surface area contributed by atoms with Crippen molar-refractivity contribution < 1.29 is 14.4 Å². The maximum absolute atomic E-state index is 12.9. The molecular weight excluding hydrogens is 389 g/mol. The summed E-state index contributed by atoms with van der Waals surface area (Å²) in [6.07, 6.45) is 0.721. The van der Waals surface area contributed by atoms with Crippen molar-refractivity contribution in [2.45, 2.75) is 31.1 Å². The number of nitrogens with one attached hydrogen (secondary N) is 1. The molecule has 0 radical (unpaired) electrons. The minimum absolute atomic E-state index is 0.0402. The van der Waals surface area contributed by atoms with E-state index in [-0.39, 0.29) is 17.7 Å². The highest BCUT2D eigenvalue weighted by Gasteiger charge is 2.33. The number of hydrogen-bond donors (Lipinski definition) is 1. The second-order valence-electron chi connectivity index (χ2n) is 6.66. The quantitative estimate of drug-likeness (QED) is 0.727. The van der Waals surface area contributed by atoms with Crippen LogP contribution in [0.5, 0.6) is 0 Å². The summed E-state index contributed by atoms with van der Waals surface area (Å²) in [7, 11) is 0. The standard InChI is InChI=1S/C19H25Cl2N3O3/c1-3-13(2)15(22-17(25)16(20)21)19(27)24-11-9-23(10-12-24)18(26)14-7-5-4-6-8-14/h4-8,13,15-16H,3,9-12H2,1-2H3,(H,22,25). The molecule has 8 heteroatoms. The van der Waals surface area contributed by atoms with Gasteiger partial charge in [0.1, 0.15) is 6.04 Å². The number of nitrogens with zero attached hydrogens (tertiary/aromatic N) is 2. The molecular formula is C19H25Cl2N3O3. The Bertz CT molecular complexity index is 661. The first-order valence-corrected chi connectivity index (χ1v) is 9.94. The van der Waals surface area contributed by atoms with Crippen molar-refractivity contribution in [3.8, 4) is 0 Å². The van der Waals surface area contributed by atoms with Crippen LogP contribution >= 0.6 is 23.2 Å². The highest BCUT2D eigenvalue weighted by molar-refractivity contribution is 6.53. The number of piperazine rings is 1. The van der Waals surface area contributed by atoms with Crippen LogP contribution in [0.25, 0.3) is 0 Å². The first-order chi connectivity index (χ1) is 12.8. The smallest absolute Gasteiger partial charge is 0.253 e. The minimum Gasteiger partial charge on any atom is -0.342 e. The number of benzene rings is 1. The lowest BCUT2D eigenvalue weighted by atomic mass is 9.97. The molecule has 3 amide bonds. The third kappa shape index (κ3) is 5.59. The molecule has 1 aliphatic heterocycles. The summed E-state index contributed by atoms with van der Waals surface area (Å²) in [4.78, 5) is 39.5. The predicted molar refractivity (Wildman–Crippen MR) is 106 cm³/mol. The van der Waals surface area contributed by atoms with Gasteiger partial charge in [0.15, 0.2) is 4.84 Å². The van der Waals surface area contributed by atoms with Crippen LogP contribution in [0.3, 0.4) is 0 Å². The van der Waals surface area contributed by atoms with Gasteiger partial charge in [0.2, 0.25) is 5.91 Å². The zero-order chi connectivity index (χ0) is 20.0. The molecule has 1 aliphatic rings. The zero-order valence-electron chi connectivity index (χ0n) is 15.5. The fourth-order valence-corrected chi connectivity index (χ4v) is 3.12. The van der Waals surface area contributed by atoms with E-state index >= 15 is 0 Å². The fraction of sp³-hybridized carbons (Fsp3) is 0.526. The Morgan fingerprint density at radius 3 is 2.11 bits per heavy atom. The van der Waals surface area contributed by atoms with Crippen molar-refractivity contribution >= 4 is 40.9 Å². The van der Waals surface area contributed by atoms with Crippen molar-refractivity contribution in [1.29, 1.82) is 0 Å². The Morgan fingerprint density at radius 2 is 1.59 bits per heavy atom. The summed E-state index contributed by atoms with van der Waals surface area (Å²) >= 11 is 11.2. The molecule has 1 N–H and O–H groups in total. The van der Waals surface area contributed by atoms with Crippen LogP contribution in [-0.2, 0) is 9.59 Å². The van der Waals surface area contributed by atoms with E-state index in [1.54, 1.807) is 21.9 Å². The van der Waals surface area contributed by atoms with Crippen LogP contribution in [-0.4, -0.2) is 64.6 Å². The lowest BCUT2D eigenvalue weighted by Crippen LogP contribution is -2.57. The second-order valence-corrected chi connectivity index (χ2v) is 7.75. The lowest BCUT2D eigenvalue weighted by molar-refractivity contribution is -0.138. The average Bonchev–Trinajstić information content (AvgIpc) is 2.70. The molecule has 6 nitrogen and oxygen atoms in total. The number of halogens is 2. The molecule has 0 aliphatic carbocycles. The van der Waals surface area contributed by atoms with Crippen molar-refractivity contribution in [2.24, 2.45) is 5.92 Å². The molecule has 27 heavy (non-hydrogen) atoms. The summed E-state index contributed by atoms with van der Waals surface area (Å²) in [5.74, 6) is -0.840. The van der Waals surface area contributed by atoms with Gasteiger partial charge in [-0.3, -0.25) is 14.4 Å². The molecule has 2 unspecified atom stereocenters. The third-order valence-corrected chi connectivity index (χ3v) is 5.27. The molecule has 0 aromatic heterocycles. The van der Waals surface area contributed by atoms with Gasteiger partial charge in [-0.2, -0.15) is 0 Å². The van der Waals surface area contributed by atoms with Gasteiger partial charge in [-0.15, -0.1) is 0 Å². The number of hydrogen-bond acceptors (Lipinski definition) is 3. The Hall–Kier alpha value is -1.79. The van der Waals surface area contributed by atoms with Crippen LogP contribution in [0.15, 0.2) is 30.3 Å². The van der Waals surface area contributed by atoms with Crippen LogP contribution < -0.4 is 5.32 Å². The molecule has 1 aromatic rings. The van der Waals surface area contributed by atoms with Gasteiger partial charge < -0.3 is 15.1 Å². The van der Waals surface area contributed by atoms with Gasteiger partial charge in [-0.25, -0.2) is 0 Å². The normalized spacial score (nSPS) is 16.8. The predicted octanol–water partition coefficient (Wildman–Crippen LogP) is 2.31. The monoisotopic (exact) mass is 413 g/mol. The van der Waals surface area contributed by atoms with Gasteiger partial charge in [0.05, 0.1) is 0 Å². The van der Waals surface area contributed by atoms with Crippen LogP contribution in [0.2, 0.25) is 0 Å². The third-order valence-electron chi connectivity index (χ3n) is 4.87. The van der Waals surface area contributed by atoms with E-state index < -0.39 is 16.8 Å². The van der Waals surface area contributed by atoms with E-state index in [1.165, 1.54) is 0 Å². The molecule has 1 aromatic carbocycles. The summed E-state index contributed by atoms with van der Waals surface area (Å²) in [5, 5.41) is 2.65. The topological polar surface area (TPSA) is 69.7 Å². The van der Waals surface area contributed by atoms with E-state index in [9.17, 15) is 14.4 Å². The highest BCUT2D eigenvalue weighted by Crippen LogP contribution is 2.15. The molecule has 2 rings (SSSR count). The SMILES string of the molecule is CCC(C)C(NC(=O)C(Cl)Cl)C(=O)N1CCN(C(=O)c2ccccc2)CC1. The van der Waals surface area contributed by atoms with Crippen LogP contribution in [0, 0.1) is 5.92 Å². The van der Waals surface area contributed by atoms with Gasteiger partial charge in [-0.1, -0.05) is 61.7 Å². The molecule has 0 bridgehead atoms. The molecule has 1 heterocycles. The highest BCUT2D eigenvalue weighted by atomic mass is 35.5. The Kier molecular flexibility index (Phi) is 7.92. The van der Waals surface area contributed by atoms with Crippen LogP contribution in [0.4, 0.5) is 0 Å². The molecule has 1 saturated heterocycles. The van der Waals surface area contributed by atoms with E-state index in [2.05, 4.69) is 5.32 Å². The Morgan fingerprint density at radius 1 is 1.04 bits per heavy atom. The maximum atomic E-state index is 12.9. The Labute approximate surface area is 169 Å². The summed E-state index contributed by atoms with van der Waals surface area (Å²) in [5.41, 5.74) is 0.636. The summed E-state index contributed by atoms with van der Waals surface area (Å²) < 4.78 is 0. The van der Waals surface area contributed by atoms with E-state index in [0.29, 0.717) is 31.7 Å². The summed E-state index contributed by atoms with van der Waals surface area (Å²) in [6.45, 7) is 5.60. The van der Waals surface area contributed by atoms with Crippen molar-refractivity contribution in [3.63, 3.8) is 0 Å². The molecule has 0 saturated carbocycles. The molecule has 1 fully saturated rings. The van der Waals surface area contributed by atoms with Crippen molar-refractivity contribution in [3.05, 3.63) is 35.9 Å². The largest absolute Gasteiger partial charge is 0.342 e. The molecule has 2 atom stereocenters. The van der Waals surface area contributed by atoms with Gasteiger partial charge in [0, 0.05) is 31.7 Å².